The van der Waals surface area contributed by atoms with Crippen molar-refractivity contribution in [3.05, 3.63) is 55.4 Å². The van der Waals surface area contributed by atoms with E-state index in [4.69, 9.17) is 11.6 Å². The molecule has 0 aliphatic heterocycles. The highest BCUT2D eigenvalue weighted by Crippen LogP contribution is 2.28. The van der Waals surface area contributed by atoms with E-state index in [0.29, 0.717) is 16.3 Å². The molecule has 0 saturated carbocycles. The van der Waals surface area contributed by atoms with Gasteiger partial charge in [0.05, 0.1) is 10.4 Å². The van der Waals surface area contributed by atoms with Crippen LogP contribution in [-0.4, -0.2) is 5.11 Å². The minimum Gasteiger partial charge on any atom is -0.388 e. The quantitative estimate of drug-likeness (QED) is 0.870. The van der Waals surface area contributed by atoms with Gasteiger partial charge in [0, 0.05) is 21.3 Å². The van der Waals surface area contributed by atoms with Gasteiger partial charge in [-0.25, -0.2) is 4.39 Å². The van der Waals surface area contributed by atoms with Crippen LogP contribution in [0, 0.1) is 5.82 Å². The zero-order chi connectivity index (χ0) is 12.4. The highest BCUT2D eigenvalue weighted by Gasteiger charge is 2.14. The largest absolute Gasteiger partial charge is 0.388 e. The first-order chi connectivity index (χ1) is 8.06. The van der Waals surface area contributed by atoms with Crippen molar-refractivity contribution in [1.82, 2.24) is 0 Å². The van der Waals surface area contributed by atoms with Crippen molar-refractivity contribution in [2.24, 2.45) is 0 Å². The van der Waals surface area contributed by atoms with Gasteiger partial charge in [-0.1, -0.05) is 27.5 Å². The van der Waals surface area contributed by atoms with Crippen LogP contribution in [0.3, 0.4) is 0 Å². The smallest absolute Gasteiger partial charge is 0.129 e. The van der Waals surface area contributed by atoms with E-state index in [1.54, 1.807) is 18.2 Å². The number of hydrogen-bond acceptors (Lipinski definition) is 2. The van der Waals surface area contributed by atoms with Crippen molar-refractivity contribution in [2.75, 3.05) is 0 Å². The minimum atomic E-state index is -0.859. The molecule has 1 aromatic heterocycles. The van der Waals surface area contributed by atoms with Crippen LogP contribution in [0.1, 0.15) is 16.5 Å². The molecule has 1 unspecified atom stereocenters. The van der Waals surface area contributed by atoms with E-state index >= 15 is 0 Å². The molecule has 0 aliphatic rings. The van der Waals surface area contributed by atoms with Gasteiger partial charge >= 0.3 is 0 Å². The van der Waals surface area contributed by atoms with Gasteiger partial charge in [0.1, 0.15) is 5.82 Å². The van der Waals surface area contributed by atoms with Gasteiger partial charge in [0.2, 0.25) is 0 Å². The molecular formula is C12H9BrClFOS. The average Bonchev–Trinajstić information content (AvgIpc) is 2.67. The SMILES string of the molecule is OC(Cc1ccc(Cl)s1)c1cc(Br)ccc1F. The molecule has 5 heteroatoms. The standard InChI is InChI=1S/C12H9BrClFOS/c13-7-1-3-10(15)9(5-7)11(16)6-8-2-4-12(14)17-8/h1-5,11,16H,6H2. The molecule has 17 heavy (non-hydrogen) atoms. The molecule has 2 rings (SSSR count). The second kappa shape index (κ2) is 5.48. The maximum atomic E-state index is 13.5. The van der Waals surface area contributed by atoms with Gasteiger partial charge in [-0.2, -0.15) is 0 Å². The van der Waals surface area contributed by atoms with E-state index in [1.165, 1.54) is 17.4 Å². The number of rotatable bonds is 3. The van der Waals surface area contributed by atoms with E-state index in [2.05, 4.69) is 15.9 Å². The Morgan fingerprint density at radius 3 is 2.76 bits per heavy atom. The monoisotopic (exact) mass is 334 g/mol. The normalized spacial score (nSPS) is 12.7. The summed E-state index contributed by atoms with van der Waals surface area (Å²) in [6.45, 7) is 0. The fourth-order valence-corrected chi connectivity index (χ4v) is 3.03. The summed E-state index contributed by atoms with van der Waals surface area (Å²) >= 11 is 10.5. The third-order valence-electron chi connectivity index (χ3n) is 2.34. The second-order valence-electron chi connectivity index (χ2n) is 3.59. The number of benzene rings is 1. The lowest BCUT2D eigenvalue weighted by molar-refractivity contribution is 0.174. The van der Waals surface area contributed by atoms with Crippen LogP contribution in [0.2, 0.25) is 4.34 Å². The van der Waals surface area contributed by atoms with Gasteiger partial charge in [-0.15, -0.1) is 11.3 Å². The molecule has 0 fully saturated rings. The van der Waals surface area contributed by atoms with Gasteiger partial charge in [-0.3, -0.25) is 0 Å². The van der Waals surface area contributed by atoms with Crippen LogP contribution >= 0.6 is 38.9 Å². The molecule has 0 saturated heterocycles. The number of hydrogen-bond donors (Lipinski definition) is 1. The number of aliphatic hydroxyl groups excluding tert-OH is 1. The van der Waals surface area contributed by atoms with Gasteiger partial charge in [0.25, 0.3) is 0 Å². The summed E-state index contributed by atoms with van der Waals surface area (Å²) in [6.07, 6.45) is -0.493. The van der Waals surface area contributed by atoms with Crippen LogP contribution < -0.4 is 0 Å². The number of thiophene rings is 1. The molecule has 1 heterocycles. The molecule has 2 aromatic rings. The Kier molecular flexibility index (Phi) is 4.20. The lowest BCUT2D eigenvalue weighted by Crippen LogP contribution is -2.03. The van der Waals surface area contributed by atoms with Crippen LogP contribution in [-0.2, 0) is 6.42 Å². The van der Waals surface area contributed by atoms with E-state index in [0.717, 1.165) is 9.35 Å². The van der Waals surface area contributed by atoms with Gasteiger partial charge in [-0.05, 0) is 30.3 Å². The molecule has 0 radical (unpaired) electrons. The maximum absolute atomic E-state index is 13.5. The molecule has 1 aromatic carbocycles. The lowest BCUT2D eigenvalue weighted by atomic mass is 10.1. The first kappa shape index (κ1) is 13.0. The third kappa shape index (κ3) is 3.28. The summed E-state index contributed by atoms with van der Waals surface area (Å²) in [4.78, 5) is 0.932. The Morgan fingerprint density at radius 1 is 1.35 bits per heavy atom. The summed E-state index contributed by atoms with van der Waals surface area (Å²) in [5.41, 5.74) is 0.295. The molecule has 90 valence electrons. The van der Waals surface area contributed by atoms with Crippen molar-refractivity contribution in [1.29, 1.82) is 0 Å². The molecule has 0 aliphatic carbocycles. The average molecular weight is 336 g/mol. The predicted molar refractivity (Wildman–Crippen MR) is 72.1 cm³/mol. The highest BCUT2D eigenvalue weighted by molar-refractivity contribution is 9.10. The Labute approximate surface area is 116 Å². The summed E-state index contributed by atoms with van der Waals surface area (Å²) in [7, 11) is 0. The fourth-order valence-electron chi connectivity index (χ4n) is 1.53. The van der Waals surface area contributed by atoms with E-state index in [9.17, 15) is 9.50 Å². The van der Waals surface area contributed by atoms with Crippen molar-refractivity contribution in [3.8, 4) is 0 Å². The first-order valence-electron chi connectivity index (χ1n) is 4.93. The summed E-state index contributed by atoms with van der Waals surface area (Å²) in [5, 5.41) is 9.99. The summed E-state index contributed by atoms with van der Waals surface area (Å²) < 4.78 is 14.9. The van der Waals surface area contributed by atoms with Crippen molar-refractivity contribution in [2.45, 2.75) is 12.5 Å². The Hall–Kier alpha value is -0.420. The molecule has 1 nitrogen and oxygen atoms in total. The molecule has 1 N–H and O–H groups in total. The van der Waals surface area contributed by atoms with Gasteiger partial charge in [0.15, 0.2) is 0 Å². The fraction of sp³-hybridized carbons (Fsp3) is 0.167. The molecular weight excluding hydrogens is 327 g/mol. The first-order valence-corrected chi connectivity index (χ1v) is 6.92. The second-order valence-corrected chi connectivity index (χ2v) is 6.31. The Morgan fingerprint density at radius 2 is 2.12 bits per heavy atom. The van der Waals surface area contributed by atoms with Crippen LogP contribution in [0.5, 0.6) is 0 Å². The van der Waals surface area contributed by atoms with Crippen LogP contribution in [0.4, 0.5) is 4.39 Å². The number of halogens is 3. The maximum Gasteiger partial charge on any atom is 0.129 e. The topological polar surface area (TPSA) is 20.2 Å². The van der Waals surface area contributed by atoms with E-state index in [-0.39, 0.29) is 0 Å². The summed E-state index contributed by atoms with van der Waals surface area (Å²) in [6, 6.07) is 8.14. The Balaban J connectivity index is 2.19. The van der Waals surface area contributed by atoms with Crippen molar-refractivity contribution in [3.63, 3.8) is 0 Å². The zero-order valence-corrected chi connectivity index (χ0v) is 11.8. The number of aliphatic hydroxyl groups is 1. The van der Waals surface area contributed by atoms with Crippen LogP contribution in [0.25, 0.3) is 0 Å². The predicted octanol–water partition coefficient (Wildman–Crippen LogP) is 4.58. The van der Waals surface area contributed by atoms with Gasteiger partial charge < -0.3 is 5.11 Å². The lowest BCUT2D eigenvalue weighted by Gasteiger charge is -2.11. The Bertz CT molecular complexity index is 529. The molecule has 1 atom stereocenters. The molecule has 0 spiro atoms. The zero-order valence-electron chi connectivity index (χ0n) is 8.66. The van der Waals surface area contributed by atoms with E-state index in [1.807, 2.05) is 6.07 Å². The van der Waals surface area contributed by atoms with Crippen molar-refractivity contribution < 1.29 is 9.50 Å². The van der Waals surface area contributed by atoms with E-state index < -0.39 is 11.9 Å². The third-order valence-corrected chi connectivity index (χ3v) is 4.09. The highest BCUT2D eigenvalue weighted by atomic mass is 79.9. The van der Waals surface area contributed by atoms with Crippen molar-refractivity contribution >= 4 is 38.9 Å². The minimum absolute atomic E-state index is 0.295. The summed E-state index contributed by atoms with van der Waals surface area (Å²) in [5.74, 6) is -0.400. The molecule has 0 amide bonds. The van der Waals surface area contributed by atoms with Crippen LogP contribution in [0.15, 0.2) is 34.8 Å². The molecule has 0 bridgehead atoms.